The number of fused-ring (bicyclic) bond motifs is 1. The van der Waals surface area contributed by atoms with Gasteiger partial charge < -0.3 is 15.5 Å². The molecule has 6 nitrogen and oxygen atoms in total. The molecule has 0 unspecified atom stereocenters. The molecule has 3 aromatic rings. The Bertz CT molecular complexity index is 792. The maximum atomic E-state index is 12.1. The van der Waals surface area contributed by atoms with Gasteiger partial charge in [-0.05, 0) is 19.1 Å². The third kappa shape index (κ3) is 3.03. The lowest BCUT2D eigenvalue weighted by Crippen LogP contribution is -2.26. The van der Waals surface area contributed by atoms with Crippen LogP contribution in [0.15, 0.2) is 29.9 Å². The maximum absolute atomic E-state index is 12.1. The Morgan fingerprint density at radius 1 is 1.38 bits per heavy atom. The van der Waals surface area contributed by atoms with Crippen LogP contribution in [0.5, 0.6) is 0 Å². The first-order valence-corrected chi connectivity index (χ1v) is 7.43. The fraction of sp³-hybridized carbons (Fsp3) is 0.214. The van der Waals surface area contributed by atoms with E-state index in [4.69, 9.17) is 5.73 Å². The van der Waals surface area contributed by atoms with Gasteiger partial charge in [0.05, 0.1) is 17.0 Å². The van der Waals surface area contributed by atoms with Crippen LogP contribution in [0.4, 0.5) is 5.13 Å². The molecule has 0 aliphatic heterocycles. The summed E-state index contributed by atoms with van der Waals surface area (Å²) in [6.07, 6.45) is 4.35. The molecule has 0 radical (unpaired) electrons. The van der Waals surface area contributed by atoms with Crippen molar-refractivity contribution in [2.45, 2.75) is 13.3 Å². The topological polar surface area (TPSA) is 85.3 Å². The van der Waals surface area contributed by atoms with E-state index in [1.807, 2.05) is 29.0 Å². The van der Waals surface area contributed by atoms with Gasteiger partial charge in [0.15, 0.2) is 5.13 Å². The molecule has 0 atom stereocenters. The van der Waals surface area contributed by atoms with Gasteiger partial charge in [-0.3, -0.25) is 4.79 Å². The zero-order valence-electron chi connectivity index (χ0n) is 11.5. The van der Waals surface area contributed by atoms with Crippen molar-refractivity contribution < 1.29 is 4.79 Å². The number of aryl methyl sites for hydroxylation is 1. The number of nitrogen functional groups attached to an aromatic ring is 1. The highest BCUT2D eigenvalue weighted by Crippen LogP contribution is 2.11. The summed E-state index contributed by atoms with van der Waals surface area (Å²) < 4.78 is 1.85. The second kappa shape index (κ2) is 5.53. The summed E-state index contributed by atoms with van der Waals surface area (Å²) in [7, 11) is 0. The van der Waals surface area contributed by atoms with Crippen LogP contribution in [-0.4, -0.2) is 26.8 Å². The molecule has 0 aliphatic rings. The number of carbonyl (C=O) groups excluding carboxylic acids is 1. The summed E-state index contributed by atoms with van der Waals surface area (Å²) in [6.45, 7) is 2.45. The molecule has 21 heavy (non-hydrogen) atoms. The summed E-state index contributed by atoms with van der Waals surface area (Å²) in [5, 5.41) is 5.34. The summed E-state index contributed by atoms with van der Waals surface area (Å²) in [5.41, 5.74) is 8.84. The summed E-state index contributed by atoms with van der Waals surface area (Å²) in [4.78, 5) is 20.6. The van der Waals surface area contributed by atoms with Gasteiger partial charge in [0, 0.05) is 30.7 Å². The van der Waals surface area contributed by atoms with Crippen molar-refractivity contribution in [3.05, 3.63) is 46.9 Å². The van der Waals surface area contributed by atoms with Crippen molar-refractivity contribution in [1.29, 1.82) is 0 Å². The Morgan fingerprint density at radius 2 is 2.24 bits per heavy atom. The van der Waals surface area contributed by atoms with E-state index in [2.05, 4.69) is 15.3 Å². The number of rotatable bonds is 4. The van der Waals surface area contributed by atoms with E-state index < -0.39 is 0 Å². The fourth-order valence-electron chi connectivity index (χ4n) is 2.10. The Balaban J connectivity index is 1.63. The minimum Gasteiger partial charge on any atom is -0.375 e. The van der Waals surface area contributed by atoms with Gasteiger partial charge in [-0.15, -0.1) is 11.3 Å². The standard InChI is InChI=1S/C14H15N5OS/c1-9-6-19-7-10(2-3-12(19)17-9)13(20)16-5-4-11-8-21-14(15)18-11/h2-3,6-8H,4-5H2,1H3,(H2,15,18)(H,16,20). The average molecular weight is 301 g/mol. The molecule has 1 amide bonds. The van der Waals surface area contributed by atoms with Crippen molar-refractivity contribution in [3.63, 3.8) is 0 Å². The molecule has 3 aromatic heterocycles. The minimum atomic E-state index is -0.105. The van der Waals surface area contributed by atoms with Crippen LogP contribution in [0, 0.1) is 6.92 Å². The highest BCUT2D eigenvalue weighted by Gasteiger charge is 2.07. The predicted molar refractivity (Wildman–Crippen MR) is 82.5 cm³/mol. The van der Waals surface area contributed by atoms with Crippen LogP contribution in [0.25, 0.3) is 5.65 Å². The molecule has 0 aromatic carbocycles. The van der Waals surface area contributed by atoms with E-state index in [1.165, 1.54) is 11.3 Å². The second-order valence-corrected chi connectivity index (χ2v) is 5.64. The molecule has 0 fully saturated rings. The van der Waals surface area contributed by atoms with Crippen molar-refractivity contribution in [2.75, 3.05) is 12.3 Å². The largest absolute Gasteiger partial charge is 0.375 e. The fourth-order valence-corrected chi connectivity index (χ4v) is 2.69. The molecule has 3 rings (SSSR count). The predicted octanol–water partition coefficient (Wildman–Crippen LogP) is 1.65. The smallest absolute Gasteiger partial charge is 0.252 e. The molecule has 3 N–H and O–H groups in total. The first kappa shape index (κ1) is 13.6. The lowest BCUT2D eigenvalue weighted by atomic mass is 10.2. The molecule has 0 saturated carbocycles. The number of nitrogens with one attached hydrogen (secondary N) is 1. The Hall–Kier alpha value is -2.41. The SMILES string of the molecule is Cc1cn2cc(C(=O)NCCc3csc(N)n3)ccc2n1. The highest BCUT2D eigenvalue weighted by atomic mass is 32.1. The van der Waals surface area contributed by atoms with E-state index in [0.29, 0.717) is 23.7 Å². The zero-order chi connectivity index (χ0) is 14.8. The molecular weight excluding hydrogens is 286 g/mol. The summed E-state index contributed by atoms with van der Waals surface area (Å²) >= 11 is 1.41. The van der Waals surface area contributed by atoms with Gasteiger partial charge in [-0.1, -0.05) is 0 Å². The van der Waals surface area contributed by atoms with E-state index in [9.17, 15) is 4.79 Å². The van der Waals surface area contributed by atoms with Gasteiger partial charge in [0.2, 0.25) is 0 Å². The van der Waals surface area contributed by atoms with E-state index in [0.717, 1.165) is 17.0 Å². The number of aromatic nitrogens is 3. The molecule has 3 heterocycles. The number of pyridine rings is 1. The van der Waals surface area contributed by atoms with Gasteiger partial charge in [-0.25, -0.2) is 9.97 Å². The Labute approximate surface area is 125 Å². The third-order valence-electron chi connectivity index (χ3n) is 3.07. The molecular formula is C14H15N5OS. The second-order valence-electron chi connectivity index (χ2n) is 4.75. The number of carbonyl (C=O) groups is 1. The quantitative estimate of drug-likeness (QED) is 0.767. The zero-order valence-corrected chi connectivity index (χ0v) is 12.4. The first-order valence-electron chi connectivity index (χ1n) is 6.55. The number of nitrogens with two attached hydrogens (primary N) is 1. The number of amides is 1. The molecule has 7 heteroatoms. The van der Waals surface area contributed by atoms with E-state index in [-0.39, 0.29) is 5.91 Å². The average Bonchev–Trinajstić information content (AvgIpc) is 3.02. The number of hydrogen-bond acceptors (Lipinski definition) is 5. The highest BCUT2D eigenvalue weighted by molar-refractivity contribution is 7.13. The van der Waals surface area contributed by atoms with Gasteiger partial charge in [0.25, 0.3) is 5.91 Å². The van der Waals surface area contributed by atoms with Crippen LogP contribution < -0.4 is 11.1 Å². The van der Waals surface area contributed by atoms with Crippen molar-refractivity contribution in [3.8, 4) is 0 Å². The lowest BCUT2D eigenvalue weighted by Gasteiger charge is -2.04. The third-order valence-corrected chi connectivity index (χ3v) is 3.79. The molecule has 0 spiro atoms. The molecule has 0 aliphatic carbocycles. The Morgan fingerprint density at radius 3 is 3.00 bits per heavy atom. The molecule has 108 valence electrons. The van der Waals surface area contributed by atoms with Crippen LogP contribution in [-0.2, 0) is 6.42 Å². The molecule has 0 saturated heterocycles. The monoisotopic (exact) mass is 301 g/mol. The van der Waals surface area contributed by atoms with Crippen LogP contribution in [0.3, 0.4) is 0 Å². The first-order chi connectivity index (χ1) is 10.1. The van der Waals surface area contributed by atoms with Gasteiger partial charge in [0.1, 0.15) is 5.65 Å². The number of hydrogen-bond donors (Lipinski definition) is 2. The van der Waals surface area contributed by atoms with Crippen LogP contribution >= 0.6 is 11.3 Å². The summed E-state index contributed by atoms with van der Waals surface area (Å²) in [6, 6.07) is 3.61. The van der Waals surface area contributed by atoms with Crippen molar-refractivity contribution in [1.82, 2.24) is 19.7 Å². The van der Waals surface area contributed by atoms with Crippen LogP contribution in [0.2, 0.25) is 0 Å². The molecule has 0 bridgehead atoms. The van der Waals surface area contributed by atoms with Crippen molar-refractivity contribution >= 4 is 28.0 Å². The Kier molecular flexibility index (Phi) is 3.57. The minimum absolute atomic E-state index is 0.105. The number of thiazole rings is 1. The van der Waals surface area contributed by atoms with E-state index >= 15 is 0 Å². The number of imidazole rings is 1. The van der Waals surface area contributed by atoms with Gasteiger partial charge in [-0.2, -0.15) is 0 Å². The van der Waals surface area contributed by atoms with Gasteiger partial charge >= 0.3 is 0 Å². The number of nitrogens with zero attached hydrogens (tertiary/aromatic N) is 3. The summed E-state index contributed by atoms with van der Waals surface area (Å²) in [5.74, 6) is -0.105. The maximum Gasteiger partial charge on any atom is 0.252 e. The number of anilines is 1. The van der Waals surface area contributed by atoms with E-state index in [1.54, 1.807) is 12.3 Å². The lowest BCUT2D eigenvalue weighted by molar-refractivity contribution is 0.0953. The van der Waals surface area contributed by atoms with Crippen molar-refractivity contribution in [2.24, 2.45) is 0 Å². The normalized spacial score (nSPS) is 10.9. The van der Waals surface area contributed by atoms with Crippen LogP contribution in [0.1, 0.15) is 21.7 Å².